The maximum absolute atomic E-state index is 12.5. The highest BCUT2D eigenvalue weighted by atomic mass is 35.5. The van der Waals surface area contributed by atoms with Crippen LogP contribution in [0.2, 0.25) is 5.02 Å². The van der Waals surface area contributed by atoms with Gasteiger partial charge in [-0.15, -0.1) is 0 Å². The first kappa shape index (κ1) is 22.6. The average molecular weight is 451 g/mol. The first-order chi connectivity index (χ1) is 14.4. The number of nitrogens with one attached hydrogen (secondary N) is 1. The maximum Gasteiger partial charge on any atom is 0.221 e. The topological polar surface area (TPSA) is 75.7 Å². The van der Waals surface area contributed by atoms with Crippen molar-refractivity contribution in [2.75, 3.05) is 32.5 Å². The molecular formula is C22H27ClN2O4S. The van der Waals surface area contributed by atoms with Crippen molar-refractivity contribution in [3.8, 4) is 5.75 Å². The monoisotopic (exact) mass is 450 g/mol. The third-order valence-corrected chi connectivity index (χ3v) is 7.55. The number of likely N-dealkylation sites (tertiary alicyclic amines) is 1. The van der Waals surface area contributed by atoms with E-state index in [1.807, 2.05) is 24.3 Å². The molecule has 0 saturated carbocycles. The van der Waals surface area contributed by atoms with Gasteiger partial charge in [0.05, 0.1) is 28.8 Å². The Kier molecular flexibility index (Phi) is 7.75. The van der Waals surface area contributed by atoms with Gasteiger partial charge in [0.2, 0.25) is 5.91 Å². The lowest BCUT2D eigenvalue weighted by Crippen LogP contribution is -2.37. The molecule has 2 aromatic carbocycles. The SMILES string of the molecule is COc1ccc([C@@H](CNC(=O)CCS(=O)(=O)c2ccccc2Cl)N2CCCC2)cc1. The molecule has 1 saturated heterocycles. The number of carbonyl (C=O) groups is 1. The lowest BCUT2D eigenvalue weighted by molar-refractivity contribution is -0.120. The summed E-state index contributed by atoms with van der Waals surface area (Å²) in [6, 6.07) is 14.2. The van der Waals surface area contributed by atoms with Crippen LogP contribution in [0.1, 0.15) is 30.9 Å². The highest BCUT2D eigenvalue weighted by Gasteiger charge is 2.25. The number of hydrogen-bond donors (Lipinski definition) is 1. The van der Waals surface area contributed by atoms with E-state index in [1.54, 1.807) is 19.2 Å². The molecule has 0 bridgehead atoms. The van der Waals surface area contributed by atoms with E-state index in [-0.39, 0.29) is 34.0 Å². The van der Waals surface area contributed by atoms with Crippen LogP contribution >= 0.6 is 11.6 Å². The van der Waals surface area contributed by atoms with Crippen molar-refractivity contribution in [3.63, 3.8) is 0 Å². The van der Waals surface area contributed by atoms with E-state index in [9.17, 15) is 13.2 Å². The summed E-state index contributed by atoms with van der Waals surface area (Å²) in [6.07, 6.45) is 2.16. The Bertz CT molecular complexity index is 957. The zero-order chi connectivity index (χ0) is 21.6. The maximum atomic E-state index is 12.5. The molecular weight excluding hydrogens is 424 g/mol. The molecule has 1 amide bonds. The second-order valence-corrected chi connectivity index (χ2v) is 9.82. The van der Waals surface area contributed by atoms with Gasteiger partial charge in [0.1, 0.15) is 5.75 Å². The van der Waals surface area contributed by atoms with Crippen LogP contribution in [0, 0.1) is 0 Å². The molecule has 0 aromatic heterocycles. The number of ether oxygens (including phenoxy) is 1. The van der Waals surface area contributed by atoms with Gasteiger partial charge in [-0.25, -0.2) is 8.42 Å². The molecule has 1 heterocycles. The van der Waals surface area contributed by atoms with Crippen molar-refractivity contribution in [2.45, 2.75) is 30.2 Å². The van der Waals surface area contributed by atoms with E-state index >= 15 is 0 Å². The zero-order valence-corrected chi connectivity index (χ0v) is 18.6. The summed E-state index contributed by atoms with van der Waals surface area (Å²) in [7, 11) is -1.99. The Balaban J connectivity index is 1.60. The van der Waals surface area contributed by atoms with Crippen molar-refractivity contribution in [1.82, 2.24) is 10.2 Å². The summed E-state index contributed by atoms with van der Waals surface area (Å²) in [6.45, 7) is 2.39. The van der Waals surface area contributed by atoms with E-state index in [0.29, 0.717) is 6.54 Å². The molecule has 1 aliphatic rings. The van der Waals surface area contributed by atoms with Crippen molar-refractivity contribution in [1.29, 1.82) is 0 Å². The molecule has 1 fully saturated rings. The molecule has 0 spiro atoms. The first-order valence-corrected chi connectivity index (χ1v) is 12.1. The minimum atomic E-state index is -3.62. The zero-order valence-electron chi connectivity index (χ0n) is 17.0. The minimum Gasteiger partial charge on any atom is -0.497 e. The van der Waals surface area contributed by atoms with Crippen LogP contribution in [0.15, 0.2) is 53.4 Å². The van der Waals surface area contributed by atoms with Crippen LogP contribution in [0.25, 0.3) is 0 Å². The van der Waals surface area contributed by atoms with Gasteiger partial charge in [-0.1, -0.05) is 35.9 Å². The van der Waals surface area contributed by atoms with Crippen molar-refractivity contribution in [3.05, 3.63) is 59.1 Å². The number of sulfone groups is 1. The van der Waals surface area contributed by atoms with Gasteiger partial charge < -0.3 is 10.1 Å². The fourth-order valence-corrected chi connectivity index (χ4v) is 5.48. The van der Waals surface area contributed by atoms with E-state index in [4.69, 9.17) is 16.3 Å². The third kappa shape index (κ3) is 5.74. The molecule has 162 valence electrons. The lowest BCUT2D eigenvalue weighted by Gasteiger charge is -2.28. The second-order valence-electron chi connectivity index (χ2n) is 7.34. The number of methoxy groups -OCH3 is 1. The van der Waals surface area contributed by atoms with Gasteiger partial charge in [0.25, 0.3) is 0 Å². The molecule has 0 unspecified atom stereocenters. The summed E-state index contributed by atoms with van der Waals surface area (Å²) in [5, 5.41) is 3.09. The van der Waals surface area contributed by atoms with Crippen LogP contribution in [0.5, 0.6) is 5.75 Å². The summed E-state index contributed by atoms with van der Waals surface area (Å²) in [5.74, 6) is 0.218. The Hall–Kier alpha value is -2.09. The molecule has 2 aromatic rings. The molecule has 8 heteroatoms. The average Bonchev–Trinajstić information content (AvgIpc) is 3.28. The number of nitrogens with zero attached hydrogens (tertiary/aromatic N) is 1. The Morgan fingerprint density at radius 3 is 2.43 bits per heavy atom. The molecule has 1 N–H and O–H groups in total. The van der Waals surface area contributed by atoms with Crippen LogP contribution in [-0.2, 0) is 14.6 Å². The number of halogens is 1. The quantitative estimate of drug-likeness (QED) is 0.633. The highest BCUT2D eigenvalue weighted by Crippen LogP contribution is 2.26. The molecule has 1 atom stereocenters. The van der Waals surface area contributed by atoms with Gasteiger partial charge >= 0.3 is 0 Å². The smallest absolute Gasteiger partial charge is 0.221 e. The predicted molar refractivity (Wildman–Crippen MR) is 118 cm³/mol. The van der Waals surface area contributed by atoms with Crippen molar-refractivity contribution in [2.24, 2.45) is 0 Å². The van der Waals surface area contributed by atoms with E-state index in [1.165, 1.54) is 12.1 Å². The fraction of sp³-hybridized carbons (Fsp3) is 0.409. The third-order valence-electron chi connectivity index (χ3n) is 5.34. The van der Waals surface area contributed by atoms with E-state index < -0.39 is 9.84 Å². The van der Waals surface area contributed by atoms with Crippen LogP contribution in [-0.4, -0.2) is 51.7 Å². The normalized spacial score (nSPS) is 15.7. The Morgan fingerprint density at radius 1 is 1.13 bits per heavy atom. The minimum absolute atomic E-state index is 0.0440. The van der Waals surface area contributed by atoms with Crippen molar-refractivity contribution >= 4 is 27.3 Å². The molecule has 1 aliphatic heterocycles. The van der Waals surface area contributed by atoms with Crippen LogP contribution in [0.3, 0.4) is 0 Å². The van der Waals surface area contributed by atoms with Gasteiger partial charge in [-0.05, 0) is 55.8 Å². The standard InChI is InChI=1S/C22H27ClN2O4S/c1-29-18-10-8-17(9-11-18)20(25-13-4-5-14-25)16-24-22(26)12-15-30(27,28)21-7-3-2-6-19(21)23/h2-3,6-11,20H,4-5,12-16H2,1H3,(H,24,26)/t20-/m1/s1. The number of benzene rings is 2. The molecule has 30 heavy (non-hydrogen) atoms. The highest BCUT2D eigenvalue weighted by molar-refractivity contribution is 7.91. The first-order valence-electron chi connectivity index (χ1n) is 10.0. The Labute approximate surface area is 183 Å². The van der Waals surface area contributed by atoms with Crippen LogP contribution in [0.4, 0.5) is 0 Å². The van der Waals surface area contributed by atoms with Gasteiger partial charge in [-0.2, -0.15) is 0 Å². The van der Waals surface area contributed by atoms with Gasteiger partial charge in [0.15, 0.2) is 9.84 Å². The van der Waals surface area contributed by atoms with E-state index in [0.717, 1.165) is 37.2 Å². The lowest BCUT2D eigenvalue weighted by atomic mass is 10.1. The summed E-state index contributed by atoms with van der Waals surface area (Å²) in [5.41, 5.74) is 1.10. The molecule has 3 rings (SSSR count). The van der Waals surface area contributed by atoms with Gasteiger partial charge in [-0.3, -0.25) is 9.69 Å². The largest absolute Gasteiger partial charge is 0.497 e. The molecule has 0 radical (unpaired) electrons. The van der Waals surface area contributed by atoms with Crippen molar-refractivity contribution < 1.29 is 17.9 Å². The van der Waals surface area contributed by atoms with Gasteiger partial charge in [0, 0.05) is 13.0 Å². The van der Waals surface area contributed by atoms with Crippen LogP contribution < -0.4 is 10.1 Å². The summed E-state index contributed by atoms with van der Waals surface area (Å²) in [4.78, 5) is 14.8. The summed E-state index contributed by atoms with van der Waals surface area (Å²) >= 11 is 5.99. The number of hydrogen-bond acceptors (Lipinski definition) is 5. The number of rotatable bonds is 9. The Morgan fingerprint density at radius 2 is 1.80 bits per heavy atom. The predicted octanol–water partition coefficient (Wildman–Crippen LogP) is 3.47. The molecule has 6 nitrogen and oxygen atoms in total. The number of carbonyl (C=O) groups excluding carboxylic acids is 1. The number of amides is 1. The fourth-order valence-electron chi connectivity index (χ4n) is 3.67. The summed E-state index contributed by atoms with van der Waals surface area (Å²) < 4.78 is 30.2. The second kappa shape index (κ2) is 10.3. The molecule has 0 aliphatic carbocycles. The van der Waals surface area contributed by atoms with E-state index in [2.05, 4.69) is 10.2 Å².